The summed E-state index contributed by atoms with van der Waals surface area (Å²) in [5.41, 5.74) is 3.88. The monoisotopic (exact) mass is 1200 g/mol. The Hall–Kier alpha value is -8.89. The number of nitrogens with zero attached hydrogens (tertiary/aromatic N) is 5. The SMILES string of the molecule is CC(C)(C)OC(=O)n1c(-c2ccccc2C(F)F)c(Cl)c2ccc(N)cc21.CC(C)(C)OC(=O)n1c(-c2ccccc2C(F)F)c(Cl)c2ccc([N+](=O)[O-])cc21.CC(C)(C)OC(=O)n1c(-c2ccccc2C(F)F)cc2ccc([N+](=O)[O-])cc21. The standard InChI is InChI=1S/C20H17ClF2N2O4.C20H19ClF2N2O2.C20H18F2N2O4/c1-20(2,3)29-19(26)24-15-10-11(25(27)28)8-9-14(15)16(21)17(24)12-6-4-5-7-13(12)18(22)23;1-20(2,3)27-19(26)25-15-10-11(24)8-9-14(15)16(21)17(25)12-6-4-5-7-13(12)18(22)23;1-20(2,3)28-19(25)23-16-11-13(24(26)27)9-8-12(16)10-17(23)14-6-4-5-7-15(14)18(21)22/h4-10,18H,1-3H3;4-10,18H,24H2,1-3H3;4-11,18H,1-3H3. The van der Waals surface area contributed by atoms with Gasteiger partial charge >= 0.3 is 18.3 Å². The number of nitro benzene ring substituents is 2. The number of hydrogen-bond donors (Lipinski definition) is 1. The van der Waals surface area contributed by atoms with Crippen molar-refractivity contribution in [3.8, 4) is 33.8 Å². The second-order valence-electron chi connectivity index (χ2n) is 21.7. The highest BCUT2D eigenvalue weighted by atomic mass is 35.5. The van der Waals surface area contributed by atoms with Crippen molar-refractivity contribution >= 4 is 91.3 Å². The number of nitrogen functional groups attached to an aromatic ring is 1. The van der Waals surface area contributed by atoms with Gasteiger partial charge in [0.2, 0.25) is 0 Å². The van der Waals surface area contributed by atoms with Gasteiger partial charge in [-0.05, 0) is 98.7 Å². The van der Waals surface area contributed by atoms with Crippen LogP contribution in [-0.4, -0.2) is 58.6 Å². The Morgan fingerprint density at radius 2 is 0.821 bits per heavy atom. The lowest BCUT2D eigenvalue weighted by atomic mass is 10.0. The lowest BCUT2D eigenvalue weighted by Crippen LogP contribution is -2.27. The number of hydrogen-bond acceptors (Lipinski definition) is 11. The van der Waals surface area contributed by atoms with E-state index in [-0.39, 0.29) is 82.9 Å². The van der Waals surface area contributed by atoms with E-state index in [4.69, 9.17) is 43.1 Å². The summed E-state index contributed by atoms with van der Waals surface area (Å²) in [5.74, 6) is 0. The molecule has 3 aromatic heterocycles. The Morgan fingerprint density at radius 3 is 1.23 bits per heavy atom. The van der Waals surface area contributed by atoms with Crippen LogP contribution in [0, 0.1) is 20.2 Å². The number of nitrogens with two attached hydrogens (primary N) is 1. The zero-order chi connectivity index (χ0) is 62.1. The van der Waals surface area contributed by atoms with E-state index in [0.29, 0.717) is 27.4 Å². The van der Waals surface area contributed by atoms with E-state index >= 15 is 0 Å². The van der Waals surface area contributed by atoms with Crippen molar-refractivity contribution in [2.75, 3.05) is 5.73 Å². The molecule has 6 aromatic carbocycles. The third-order valence-corrected chi connectivity index (χ3v) is 12.9. The van der Waals surface area contributed by atoms with E-state index in [1.54, 1.807) is 98.7 Å². The van der Waals surface area contributed by atoms with Crippen LogP contribution in [0.2, 0.25) is 10.0 Å². The molecule has 0 bridgehead atoms. The topological polar surface area (TPSA) is 206 Å². The van der Waals surface area contributed by atoms with E-state index in [0.717, 1.165) is 9.13 Å². The summed E-state index contributed by atoms with van der Waals surface area (Å²) in [6.07, 6.45) is -10.7. The number of carbonyl (C=O) groups excluding carboxylic acids is 3. The fourth-order valence-electron chi connectivity index (χ4n) is 8.82. The number of aromatic nitrogens is 3. The van der Waals surface area contributed by atoms with Crippen LogP contribution in [0.4, 0.5) is 57.8 Å². The summed E-state index contributed by atoms with van der Waals surface area (Å²) in [5, 5.41) is 23.9. The van der Waals surface area contributed by atoms with Gasteiger partial charge in [-0.3, -0.25) is 20.2 Å². The first-order valence-corrected chi connectivity index (χ1v) is 26.1. The number of halogens is 8. The van der Waals surface area contributed by atoms with Crippen LogP contribution in [-0.2, 0) is 14.2 Å². The van der Waals surface area contributed by atoms with Gasteiger partial charge in [-0.1, -0.05) is 96.0 Å². The quantitative estimate of drug-likeness (QED) is 0.0498. The molecule has 0 amide bonds. The fourth-order valence-corrected chi connectivity index (χ4v) is 9.51. The Balaban J connectivity index is 0.000000181. The number of fused-ring (bicyclic) bond motifs is 3. The van der Waals surface area contributed by atoms with E-state index in [1.807, 2.05) is 0 Å². The molecule has 0 aliphatic carbocycles. The van der Waals surface area contributed by atoms with Gasteiger partial charge in [0, 0.05) is 79.5 Å². The molecule has 0 aliphatic rings. The first-order chi connectivity index (χ1) is 39.2. The molecule has 0 saturated carbocycles. The summed E-state index contributed by atoms with van der Waals surface area (Å²) < 4.78 is 101. The predicted molar refractivity (Wildman–Crippen MR) is 310 cm³/mol. The van der Waals surface area contributed by atoms with Crippen molar-refractivity contribution in [3.05, 3.63) is 180 Å². The second kappa shape index (κ2) is 24.5. The van der Waals surface area contributed by atoms with Gasteiger partial charge in [0.25, 0.3) is 30.7 Å². The zero-order valence-corrected chi connectivity index (χ0v) is 47.9. The van der Waals surface area contributed by atoms with Crippen LogP contribution in [0.25, 0.3) is 66.5 Å². The maximum atomic E-state index is 13.6. The van der Waals surface area contributed by atoms with Crippen molar-refractivity contribution in [1.29, 1.82) is 0 Å². The highest BCUT2D eigenvalue weighted by Gasteiger charge is 2.32. The fraction of sp³-hybridized carbons (Fsp3) is 0.250. The number of alkyl halides is 6. The van der Waals surface area contributed by atoms with Crippen LogP contribution < -0.4 is 5.73 Å². The molecule has 3 heterocycles. The van der Waals surface area contributed by atoms with E-state index < -0.39 is 64.2 Å². The Labute approximate surface area is 486 Å². The number of rotatable bonds is 8. The van der Waals surface area contributed by atoms with Gasteiger partial charge in [0.05, 0.1) is 53.5 Å². The summed E-state index contributed by atoms with van der Waals surface area (Å²) in [6, 6.07) is 31.6. The Kier molecular flexibility index (Phi) is 18.3. The van der Waals surface area contributed by atoms with E-state index in [2.05, 4.69) is 0 Å². The molecule has 16 nitrogen and oxygen atoms in total. The first-order valence-electron chi connectivity index (χ1n) is 25.4. The molecule has 84 heavy (non-hydrogen) atoms. The molecule has 9 rings (SSSR count). The normalized spacial score (nSPS) is 11.9. The van der Waals surface area contributed by atoms with Crippen molar-refractivity contribution in [2.24, 2.45) is 0 Å². The molecule has 440 valence electrons. The Bertz CT molecular complexity index is 4030. The first kappa shape index (κ1) is 62.7. The summed E-state index contributed by atoms with van der Waals surface area (Å²) >= 11 is 13.0. The molecule has 0 unspecified atom stereocenters. The lowest BCUT2D eigenvalue weighted by Gasteiger charge is -2.21. The minimum absolute atomic E-state index is 0.00712. The van der Waals surface area contributed by atoms with Crippen molar-refractivity contribution in [2.45, 2.75) is 98.4 Å². The molecule has 0 atom stereocenters. The van der Waals surface area contributed by atoms with Crippen LogP contribution in [0.1, 0.15) is 98.3 Å². The van der Waals surface area contributed by atoms with Crippen LogP contribution in [0.5, 0.6) is 0 Å². The molecule has 0 fully saturated rings. The maximum Gasteiger partial charge on any atom is 0.419 e. The molecule has 0 saturated heterocycles. The highest BCUT2D eigenvalue weighted by Crippen LogP contribution is 2.45. The Morgan fingerprint density at radius 1 is 0.476 bits per heavy atom. The molecular formula is C60H54Cl2F6N6O10. The smallest absolute Gasteiger partial charge is 0.419 e. The minimum atomic E-state index is -2.82. The minimum Gasteiger partial charge on any atom is -0.443 e. The van der Waals surface area contributed by atoms with Crippen molar-refractivity contribution in [3.63, 3.8) is 0 Å². The van der Waals surface area contributed by atoms with Crippen LogP contribution in [0.3, 0.4) is 0 Å². The highest BCUT2D eigenvalue weighted by molar-refractivity contribution is 6.40. The van der Waals surface area contributed by atoms with E-state index in [9.17, 15) is 61.0 Å². The second-order valence-corrected chi connectivity index (χ2v) is 22.5. The zero-order valence-electron chi connectivity index (χ0n) is 46.4. The van der Waals surface area contributed by atoms with Gasteiger partial charge in [0.15, 0.2) is 0 Å². The average Bonchev–Trinajstić information content (AvgIpc) is 2.00. The molecule has 0 spiro atoms. The number of non-ortho nitro benzene ring substituents is 2. The summed E-state index contributed by atoms with van der Waals surface area (Å²) in [6.45, 7) is 15.1. The van der Waals surface area contributed by atoms with E-state index in [1.165, 1.54) is 102 Å². The molecular weight excluding hydrogens is 1150 g/mol. The summed E-state index contributed by atoms with van der Waals surface area (Å²) in [4.78, 5) is 59.9. The van der Waals surface area contributed by atoms with Gasteiger partial charge in [-0.25, -0.2) is 54.4 Å². The predicted octanol–water partition coefficient (Wildman–Crippen LogP) is 18.8. The third kappa shape index (κ3) is 13.8. The molecule has 24 heteroatoms. The van der Waals surface area contributed by atoms with Gasteiger partial charge in [-0.15, -0.1) is 0 Å². The van der Waals surface area contributed by atoms with Gasteiger partial charge in [0.1, 0.15) is 16.8 Å². The average molecular weight is 1200 g/mol. The molecule has 0 radical (unpaired) electrons. The molecule has 2 N–H and O–H groups in total. The number of carbonyl (C=O) groups is 3. The maximum absolute atomic E-state index is 13.6. The number of ether oxygens (including phenoxy) is 3. The largest absolute Gasteiger partial charge is 0.443 e. The number of anilines is 1. The van der Waals surface area contributed by atoms with Crippen molar-refractivity contribution in [1.82, 2.24) is 13.7 Å². The third-order valence-electron chi connectivity index (χ3n) is 12.1. The van der Waals surface area contributed by atoms with Crippen LogP contribution >= 0.6 is 23.2 Å². The molecule has 9 aromatic rings. The number of benzene rings is 6. The summed E-state index contributed by atoms with van der Waals surface area (Å²) in [7, 11) is 0. The lowest BCUT2D eigenvalue weighted by molar-refractivity contribution is -0.384. The van der Waals surface area contributed by atoms with Crippen molar-refractivity contribution < 1.29 is 64.8 Å². The van der Waals surface area contributed by atoms with Crippen LogP contribution in [0.15, 0.2) is 133 Å². The van der Waals surface area contributed by atoms with Gasteiger partial charge in [-0.2, -0.15) is 0 Å². The molecule has 0 aliphatic heterocycles. The van der Waals surface area contributed by atoms with Gasteiger partial charge < -0.3 is 19.9 Å². The number of nitro groups is 2.